The van der Waals surface area contributed by atoms with Gasteiger partial charge in [0.2, 0.25) is 5.91 Å². The molecule has 0 saturated heterocycles. The molecule has 0 bridgehead atoms. The van der Waals surface area contributed by atoms with Crippen LogP contribution in [0.5, 0.6) is 0 Å². The van der Waals surface area contributed by atoms with Gasteiger partial charge in [-0.2, -0.15) is 0 Å². The molecule has 2 aromatic rings. The monoisotopic (exact) mass is 392 g/mol. The summed E-state index contributed by atoms with van der Waals surface area (Å²) in [4.78, 5) is 24.9. The van der Waals surface area contributed by atoms with Crippen LogP contribution in [-0.4, -0.2) is 38.3 Å². The molecule has 2 aromatic carbocycles. The number of sulfone groups is 1. The van der Waals surface area contributed by atoms with Crippen LogP contribution in [-0.2, 0) is 14.6 Å². The first kappa shape index (κ1) is 20.6. The third-order valence-electron chi connectivity index (χ3n) is 3.87. The van der Waals surface area contributed by atoms with Gasteiger partial charge in [0.1, 0.15) is 21.7 Å². The van der Waals surface area contributed by atoms with Crippen molar-refractivity contribution in [2.75, 3.05) is 17.3 Å². The zero-order valence-corrected chi connectivity index (χ0v) is 15.8. The maximum absolute atomic E-state index is 13.7. The summed E-state index contributed by atoms with van der Waals surface area (Å²) in [6, 6.07) is 11.4. The van der Waals surface area contributed by atoms with Gasteiger partial charge in [-0.15, -0.1) is 0 Å². The molecule has 0 aromatic heterocycles. The molecule has 2 rings (SSSR count). The van der Waals surface area contributed by atoms with Crippen molar-refractivity contribution in [3.63, 3.8) is 0 Å². The summed E-state index contributed by atoms with van der Waals surface area (Å²) in [7, 11) is -3.33. The number of anilines is 1. The zero-order chi connectivity index (χ0) is 20.0. The lowest BCUT2D eigenvalue weighted by molar-refractivity contribution is -0.118. The van der Waals surface area contributed by atoms with Gasteiger partial charge in [-0.05, 0) is 43.2 Å². The summed E-state index contributed by atoms with van der Waals surface area (Å²) < 4.78 is 36.6. The van der Waals surface area contributed by atoms with Crippen LogP contribution in [0.25, 0.3) is 0 Å². The van der Waals surface area contributed by atoms with E-state index in [4.69, 9.17) is 0 Å². The molecule has 2 N–H and O–H groups in total. The Bertz CT molecular complexity index is 930. The second kappa shape index (κ2) is 8.77. The van der Waals surface area contributed by atoms with Crippen molar-refractivity contribution >= 4 is 27.3 Å². The fraction of sp³-hybridized carbons (Fsp3) is 0.263. The Labute approximate surface area is 157 Å². The zero-order valence-electron chi connectivity index (χ0n) is 15.0. The molecule has 0 fully saturated rings. The van der Waals surface area contributed by atoms with Gasteiger partial charge in [0, 0.05) is 17.5 Å². The molecule has 2 amide bonds. The lowest BCUT2D eigenvalue weighted by Gasteiger charge is -2.18. The number of rotatable bonds is 7. The van der Waals surface area contributed by atoms with E-state index >= 15 is 0 Å². The molecule has 144 valence electrons. The standard InChI is InChI=1S/C19H21FN2O4S/c1-13-8-9-15(12-16(13)20)21-19(24)17(10-11-27(2,25)26)22-18(23)14-6-4-3-5-7-14/h3-9,12,17H,10-11H2,1-2H3,(H,21,24)(H,22,23)/t17-/m1/s1. The van der Waals surface area contributed by atoms with Crippen LogP contribution < -0.4 is 10.6 Å². The number of carbonyl (C=O) groups is 2. The average Bonchev–Trinajstić information content (AvgIpc) is 2.61. The Hall–Kier alpha value is -2.74. The number of aryl methyl sites for hydroxylation is 1. The Kier molecular flexibility index (Phi) is 6.68. The first-order valence-electron chi connectivity index (χ1n) is 8.26. The van der Waals surface area contributed by atoms with E-state index in [-0.39, 0.29) is 17.9 Å². The minimum absolute atomic E-state index is 0.0996. The van der Waals surface area contributed by atoms with Crippen LogP contribution in [0.15, 0.2) is 48.5 Å². The van der Waals surface area contributed by atoms with E-state index in [1.54, 1.807) is 37.3 Å². The van der Waals surface area contributed by atoms with E-state index in [2.05, 4.69) is 10.6 Å². The highest BCUT2D eigenvalue weighted by Crippen LogP contribution is 2.14. The number of carbonyl (C=O) groups excluding carboxylic acids is 2. The molecule has 0 saturated carbocycles. The van der Waals surface area contributed by atoms with Gasteiger partial charge in [0.15, 0.2) is 0 Å². The molecule has 8 heteroatoms. The number of amides is 2. The molecule has 0 aliphatic carbocycles. The highest BCUT2D eigenvalue weighted by atomic mass is 32.2. The number of halogens is 1. The summed E-state index contributed by atoms with van der Waals surface area (Å²) in [5, 5.41) is 5.06. The van der Waals surface area contributed by atoms with E-state index < -0.39 is 33.5 Å². The van der Waals surface area contributed by atoms with Crippen LogP contribution >= 0.6 is 0 Å². The first-order chi connectivity index (χ1) is 12.7. The van der Waals surface area contributed by atoms with Crippen molar-refractivity contribution in [3.05, 3.63) is 65.5 Å². The van der Waals surface area contributed by atoms with E-state index in [0.717, 1.165) is 6.26 Å². The Morgan fingerprint density at radius 2 is 1.78 bits per heavy atom. The molecule has 0 spiro atoms. The maximum Gasteiger partial charge on any atom is 0.251 e. The summed E-state index contributed by atoms with van der Waals surface area (Å²) in [6.45, 7) is 1.59. The molecule has 27 heavy (non-hydrogen) atoms. The van der Waals surface area contributed by atoms with Crippen LogP contribution in [0.1, 0.15) is 22.3 Å². The lowest BCUT2D eigenvalue weighted by Crippen LogP contribution is -2.44. The Morgan fingerprint density at radius 1 is 1.11 bits per heavy atom. The third kappa shape index (κ3) is 6.49. The second-order valence-electron chi connectivity index (χ2n) is 6.26. The summed E-state index contributed by atoms with van der Waals surface area (Å²) >= 11 is 0. The van der Waals surface area contributed by atoms with E-state index in [0.29, 0.717) is 11.1 Å². The van der Waals surface area contributed by atoms with Gasteiger partial charge >= 0.3 is 0 Å². The van der Waals surface area contributed by atoms with E-state index in [1.807, 2.05) is 0 Å². The molecule has 6 nitrogen and oxygen atoms in total. The summed E-state index contributed by atoms with van der Waals surface area (Å²) in [6.07, 6.45) is 0.952. The van der Waals surface area contributed by atoms with Gasteiger partial charge in [-0.25, -0.2) is 12.8 Å². The van der Waals surface area contributed by atoms with E-state index in [9.17, 15) is 22.4 Å². The molecule has 1 atom stereocenters. The topological polar surface area (TPSA) is 92.3 Å². The van der Waals surface area contributed by atoms with Crippen LogP contribution in [0.4, 0.5) is 10.1 Å². The fourth-order valence-electron chi connectivity index (χ4n) is 2.33. The molecule has 0 aliphatic rings. The maximum atomic E-state index is 13.7. The Morgan fingerprint density at radius 3 is 2.37 bits per heavy atom. The molecule has 0 radical (unpaired) electrons. The van der Waals surface area contributed by atoms with E-state index in [1.165, 1.54) is 18.2 Å². The van der Waals surface area contributed by atoms with Gasteiger partial charge in [-0.1, -0.05) is 24.3 Å². The third-order valence-corrected chi connectivity index (χ3v) is 4.85. The van der Waals surface area contributed by atoms with Crippen LogP contribution in [0.2, 0.25) is 0 Å². The fourth-order valence-corrected chi connectivity index (χ4v) is 3.00. The minimum atomic E-state index is -3.33. The van der Waals surface area contributed by atoms with Gasteiger partial charge < -0.3 is 10.6 Å². The van der Waals surface area contributed by atoms with Crippen molar-refractivity contribution < 1.29 is 22.4 Å². The van der Waals surface area contributed by atoms with Gasteiger partial charge in [-0.3, -0.25) is 9.59 Å². The molecular weight excluding hydrogens is 371 g/mol. The predicted molar refractivity (Wildman–Crippen MR) is 102 cm³/mol. The quantitative estimate of drug-likeness (QED) is 0.756. The largest absolute Gasteiger partial charge is 0.340 e. The van der Waals surface area contributed by atoms with Crippen molar-refractivity contribution in [1.82, 2.24) is 5.32 Å². The lowest BCUT2D eigenvalue weighted by atomic mass is 10.1. The second-order valence-corrected chi connectivity index (χ2v) is 8.52. The predicted octanol–water partition coefficient (Wildman–Crippen LogP) is 2.31. The molecule has 0 heterocycles. The van der Waals surface area contributed by atoms with Crippen molar-refractivity contribution in [2.45, 2.75) is 19.4 Å². The summed E-state index contributed by atoms with van der Waals surface area (Å²) in [5.74, 6) is -1.87. The van der Waals surface area contributed by atoms with Gasteiger partial charge in [0.05, 0.1) is 5.75 Å². The number of nitrogens with one attached hydrogen (secondary N) is 2. The smallest absolute Gasteiger partial charge is 0.251 e. The van der Waals surface area contributed by atoms with Crippen LogP contribution in [0.3, 0.4) is 0 Å². The molecular formula is C19H21FN2O4S. The average molecular weight is 392 g/mol. The molecule has 0 aliphatic heterocycles. The minimum Gasteiger partial charge on any atom is -0.340 e. The Balaban J connectivity index is 2.15. The van der Waals surface area contributed by atoms with Gasteiger partial charge in [0.25, 0.3) is 5.91 Å². The normalized spacial score (nSPS) is 12.3. The molecule has 0 unspecified atom stereocenters. The van der Waals surface area contributed by atoms with Crippen molar-refractivity contribution in [3.8, 4) is 0 Å². The first-order valence-corrected chi connectivity index (χ1v) is 10.3. The highest BCUT2D eigenvalue weighted by molar-refractivity contribution is 7.90. The highest BCUT2D eigenvalue weighted by Gasteiger charge is 2.23. The summed E-state index contributed by atoms with van der Waals surface area (Å²) in [5.41, 5.74) is 0.997. The van der Waals surface area contributed by atoms with Crippen molar-refractivity contribution in [2.24, 2.45) is 0 Å². The number of hydrogen-bond acceptors (Lipinski definition) is 4. The number of benzene rings is 2. The van der Waals surface area contributed by atoms with Crippen LogP contribution in [0, 0.1) is 12.7 Å². The van der Waals surface area contributed by atoms with Crippen molar-refractivity contribution in [1.29, 1.82) is 0 Å². The SMILES string of the molecule is Cc1ccc(NC(=O)[C@@H](CCS(C)(=O)=O)NC(=O)c2ccccc2)cc1F. The number of hydrogen-bond donors (Lipinski definition) is 2.